The minimum atomic E-state index is 0.0220. The minimum Gasteiger partial charge on any atom is -0.303 e. The van der Waals surface area contributed by atoms with Crippen molar-refractivity contribution in [2.45, 2.75) is 33.6 Å². The Hall–Kier alpha value is -0.330. The average Bonchev–Trinajstić information content (AvgIpc) is 2.36. The third kappa shape index (κ3) is 0.692. The van der Waals surface area contributed by atoms with Gasteiger partial charge in [-0.15, -0.1) is 0 Å². The van der Waals surface area contributed by atoms with E-state index in [2.05, 4.69) is 20.8 Å². The van der Waals surface area contributed by atoms with E-state index < -0.39 is 0 Å². The topological polar surface area (TPSA) is 17.1 Å². The van der Waals surface area contributed by atoms with E-state index in [0.29, 0.717) is 11.3 Å². The molecule has 0 heterocycles. The Balaban J connectivity index is 2.25. The average molecular weight is 152 g/mol. The quantitative estimate of drug-likeness (QED) is 0.527. The van der Waals surface area contributed by atoms with E-state index in [1.165, 1.54) is 12.7 Å². The first-order chi connectivity index (χ1) is 5.02. The Morgan fingerprint density at radius 2 is 2.00 bits per heavy atom. The molecule has 62 valence electrons. The van der Waals surface area contributed by atoms with Gasteiger partial charge in [0.15, 0.2) is 0 Å². The van der Waals surface area contributed by atoms with Crippen molar-refractivity contribution in [1.29, 1.82) is 0 Å². The van der Waals surface area contributed by atoms with Gasteiger partial charge in [-0.2, -0.15) is 0 Å². The van der Waals surface area contributed by atoms with E-state index in [4.69, 9.17) is 0 Å². The molecule has 11 heavy (non-hydrogen) atoms. The molecule has 2 rings (SSSR count). The Labute approximate surface area is 68.2 Å². The smallest absolute Gasteiger partial charge is 0.126 e. The maximum atomic E-state index is 10.9. The van der Waals surface area contributed by atoms with Crippen molar-refractivity contribution in [3.05, 3.63) is 0 Å². The van der Waals surface area contributed by atoms with Crippen LogP contribution in [-0.2, 0) is 4.79 Å². The van der Waals surface area contributed by atoms with E-state index in [0.717, 1.165) is 12.3 Å². The number of rotatable bonds is 1. The van der Waals surface area contributed by atoms with Crippen LogP contribution in [0.3, 0.4) is 0 Å². The van der Waals surface area contributed by atoms with Crippen LogP contribution in [-0.4, -0.2) is 6.29 Å². The molecule has 0 N–H and O–H groups in total. The highest BCUT2D eigenvalue weighted by Gasteiger charge is 2.68. The summed E-state index contributed by atoms with van der Waals surface area (Å²) in [5.74, 6) is 1.53. The van der Waals surface area contributed by atoms with Gasteiger partial charge in [0.25, 0.3) is 0 Å². The van der Waals surface area contributed by atoms with Crippen LogP contribution in [0.25, 0.3) is 0 Å². The van der Waals surface area contributed by atoms with Crippen LogP contribution in [0.5, 0.6) is 0 Å². The molecule has 2 saturated carbocycles. The van der Waals surface area contributed by atoms with Crippen LogP contribution in [0.1, 0.15) is 33.6 Å². The van der Waals surface area contributed by atoms with Crippen molar-refractivity contribution in [3.63, 3.8) is 0 Å². The second kappa shape index (κ2) is 1.70. The number of hydrogen-bond donors (Lipinski definition) is 0. The zero-order chi connectivity index (χ0) is 8.28. The van der Waals surface area contributed by atoms with Gasteiger partial charge in [0.05, 0.1) is 0 Å². The highest BCUT2D eigenvalue weighted by Crippen LogP contribution is 2.72. The summed E-state index contributed by atoms with van der Waals surface area (Å²) >= 11 is 0. The van der Waals surface area contributed by atoms with E-state index in [1.54, 1.807) is 0 Å². The van der Waals surface area contributed by atoms with Crippen molar-refractivity contribution in [2.24, 2.45) is 22.7 Å². The number of carbonyl (C=O) groups is 1. The highest BCUT2D eigenvalue weighted by molar-refractivity contribution is 5.62. The summed E-state index contributed by atoms with van der Waals surface area (Å²) in [5.41, 5.74) is 0.488. The number of carbonyl (C=O) groups excluding carboxylic acids is 1. The van der Waals surface area contributed by atoms with Gasteiger partial charge >= 0.3 is 0 Å². The summed E-state index contributed by atoms with van der Waals surface area (Å²) in [6.45, 7) is 6.71. The number of aldehydes is 1. The number of fused-ring (bicyclic) bond motifs is 1. The van der Waals surface area contributed by atoms with E-state index in [9.17, 15) is 4.79 Å². The van der Waals surface area contributed by atoms with Gasteiger partial charge in [-0.25, -0.2) is 0 Å². The molecule has 0 radical (unpaired) electrons. The summed E-state index contributed by atoms with van der Waals surface area (Å²) in [7, 11) is 0. The first kappa shape index (κ1) is 7.33. The first-order valence-electron chi connectivity index (χ1n) is 4.49. The monoisotopic (exact) mass is 152 g/mol. The third-order valence-electron chi connectivity index (χ3n) is 4.02. The summed E-state index contributed by atoms with van der Waals surface area (Å²) in [4.78, 5) is 10.9. The maximum Gasteiger partial charge on any atom is 0.126 e. The lowest BCUT2D eigenvalue weighted by Crippen LogP contribution is -2.21. The molecule has 2 fully saturated rings. The fraction of sp³-hybridized carbons (Fsp3) is 0.900. The highest BCUT2D eigenvalue weighted by atomic mass is 16.1. The van der Waals surface area contributed by atoms with Crippen molar-refractivity contribution in [1.82, 2.24) is 0 Å². The van der Waals surface area contributed by atoms with E-state index >= 15 is 0 Å². The van der Waals surface area contributed by atoms with Crippen molar-refractivity contribution in [3.8, 4) is 0 Å². The largest absolute Gasteiger partial charge is 0.303 e. The standard InChI is InChI=1S/C10H16O/c1-9(2)7-4-5-10(3,6-11)8(7)9/h6-8H,4-5H2,1-3H3/t7-,8-,10?/m0/s1. The van der Waals surface area contributed by atoms with Crippen molar-refractivity contribution < 1.29 is 4.79 Å². The third-order valence-corrected chi connectivity index (χ3v) is 4.02. The van der Waals surface area contributed by atoms with Gasteiger partial charge in [-0.1, -0.05) is 20.8 Å². The summed E-state index contributed by atoms with van der Waals surface area (Å²) < 4.78 is 0. The van der Waals surface area contributed by atoms with Crippen LogP contribution in [0, 0.1) is 22.7 Å². The molecule has 2 aliphatic rings. The lowest BCUT2D eigenvalue weighted by Gasteiger charge is -2.22. The Morgan fingerprint density at radius 1 is 1.36 bits per heavy atom. The molecule has 0 aliphatic heterocycles. The fourth-order valence-electron chi connectivity index (χ4n) is 3.35. The van der Waals surface area contributed by atoms with Gasteiger partial charge in [-0.3, -0.25) is 0 Å². The predicted octanol–water partition coefficient (Wildman–Crippen LogP) is 2.26. The normalized spacial score (nSPS) is 51.9. The van der Waals surface area contributed by atoms with Gasteiger partial charge in [0.2, 0.25) is 0 Å². The Kier molecular flexibility index (Phi) is 1.13. The van der Waals surface area contributed by atoms with Crippen LogP contribution in [0.15, 0.2) is 0 Å². The lowest BCUT2D eigenvalue weighted by atomic mass is 9.81. The SMILES string of the molecule is CC1(C=O)CC[C@H]2[C@H]1C2(C)C. The molecule has 2 aliphatic carbocycles. The Morgan fingerprint density at radius 3 is 2.27 bits per heavy atom. The molecule has 1 nitrogen and oxygen atoms in total. The zero-order valence-electron chi connectivity index (χ0n) is 7.55. The molecular weight excluding hydrogens is 136 g/mol. The second-order valence-corrected chi connectivity index (χ2v) is 5.07. The van der Waals surface area contributed by atoms with Gasteiger partial charge < -0.3 is 4.79 Å². The van der Waals surface area contributed by atoms with E-state index in [1.807, 2.05) is 0 Å². The molecule has 0 aromatic rings. The molecule has 0 amide bonds. The second-order valence-electron chi connectivity index (χ2n) is 5.07. The number of hydrogen-bond acceptors (Lipinski definition) is 1. The first-order valence-corrected chi connectivity index (χ1v) is 4.49. The van der Waals surface area contributed by atoms with Crippen LogP contribution < -0.4 is 0 Å². The summed E-state index contributed by atoms with van der Waals surface area (Å²) in [6, 6.07) is 0. The minimum absolute atomic E-state index is 0.0220. The van der Waals surface area contributed by atoms with Crippen LogP contribution >= 0.6 is 0 Å². The zero-order valence-corrected chi connectivity index (χ0v) is 7.55. The van der Waals surface area contributed by atoms with Gasteiger partial charge in [0, 0.05) is 5.41 Å². The molecular formula is C10H16O. The summed E-state index contributed by atoms with van der Waals surface area (Å²) in [6.07, 6.45) is 3.58. The van der Waals surface area contributed by atoms with Crippen molar-refractivity contribution >= 4 is 6.29 Å². The maximum absolute atomic E-state index is 10.9. The summed E-state index contributed by atoms with van der Waals surface area (Å²) in [5, 5.41) is 0. The molecule has 3 atom stereocenters. The molecule has 1 unspecified atom stereocenters. The molecule has 0 aromatic heterocycles. The molecule has 0 bridgehead atoms. The van der Waals surface area contributed by atoms with Crippen LogP contribution in [0.2, 0.25) is 0 Å². The van der Waals surface area contributed by atoms with Crippen LogP contribution in [0.4, 0.5) is 0 Å². The van der Waals surface area contributed by atoms with E-state index in [-0.39, 0.29) is 5.41 Å². The Bertz CT molecular complexity index is 207. The molecule has 1 heteroatoms. The van der Waals surface area contributed by atoms with Gasteiger partial charge in [0.1, 0.15) is 6.29 Å². The van der Waals surface area contributed by atoms with Gasteiger partial charge in [-0.05, 0) is 30.1 Å². The van der Waals surface area contributed by atoms with Crippen molar-refractivity contribution in [2.75, 3.05) is 0 Å². The molecule has 0 aromatic carbocycles. The fourth-order valence-corrected chi connectivity index (χ4v) is 3.35. The molecule has 0 saturated heterocycles. The molecule has 0 spiro atoms. The lowest BCUT2D eigenvalue weighted by molar-refractivity contribution is -0.116. The predicted molar refractivity (Wildman–Crippen MR) is 44.2 cm³/mol.